The molecule has 2 heterocycles. The lowest BCUT2D eigenvalue weighted by Gasteiger charge is -2.36. The number of ether oxygens (including phenoxy) is 2. The van der Waals surface area contributed by atoms with Gasteiger partial charge in [0.2, 0.25) is 5.60 Å². The Morgan fingerprint density at radius 3 is 2.55 bits per heavy atom. The van der Waals surface area contributed by atoms with E-state index in [1.165, 1.54) is 32.9 Å². The van der Waals surface area contributed by atoms with Crippen molar-refractivity contribution in [1.29, 1.82) is 0 Å². The molecule has 0 saturated carbocycles. The van der Waals surface area contributed by atoms with E-state index in [2.05, 4.69) is 11.0 Å². The van der Waals surface area contributed by atoms with Gasteiger partial charge < -0.3 is 24.2 Å². The summed E-state index contributed by atoms with van der Waals surface area (Å²) in [5.41, 5.74) is -7.75. The van der Waals surface area contributed by atoms with Crippen molar-refractivity contribution in [2.75, 3.05) is 13.2 Å². The molecule has 0 aliphatic carbocycles. The van der Waals surface area contributed by atoms with Crippen LogP contribution in [0.5, 0.6) is 5.75 Å². The molecular weight excluding hydrogens is 521 g/mol. The number of para-hydroxylation sites is 1. The van der Waals surface area contributed by atoms with E-state index >= 15 is 0 Å². The highest BCUT2D eigenvalue weighted by Crippen LogP contribution is 2.49. The number of hydrogen-bond acceptors (Lipinski definition) is 10. The molecule has 14 heteroatoms. The van der Waals surface area contributed by atoms with Crippen LogP contribution in [-0.4, -0.2) is 62.3 Å². The normalized spacial score (nSPS) is 26.8. The average molecular weight is 551 g/mol. The van der Waals surface area contributed by atoms with Crippen LogP contribution in [0.25, 0.3) is 0 Å². The Hall–Kier alpha value is -3.24. The van der Waals surface area contributed by atoms with Crippen LogP contribution in [0.3, 0.4) is 0 Å². The number of aromatic nitrogens is 2. The molecule has 2 aromatic rings. The van der Waals surface area contributed by atoms with Crippen LogP contribution in [0.2, 0.25) is 0 Å². The van der Waals surface area contributed by atoms with Crippen molar-refractivity contribution in [2.45, 2.75) is 56.8 Å². The number of terminal acetylenes is 1. The van der Waals surface area contributed by atoms with Crippen molar-refractivity contribution >= 4 is 13.7 Å². The molecule has 1 saturated heterocycles. The van der Waals surface area contributed by atoms with Gasteiger partial charge in [-0.3, -0.25) is 23.7 Å². The number of benzene rings is 1. The molecule has 1 aromatic carbocycles. The summed E-state index contributed by atoms with van der Waals surface area (Å²) < 4.78 is 36.6. The molecule has 13 nitrogen and oxygen atoms in total. The minimum absolute atomic E-state index is 0.0735. The summed E-state index contributed by atoms with van der Waals surface area (Å²) in [6.07, 6.45) is 3.29. The van der Waals surface area contributed by atoms with Gasteiger partial charge in [-0.2, -0.15) is 5.09 Å². The number of aliphatic hydroxyl groups is 2. The number of carbonyl (C=O) groups is 1. The maximum absolute atomic E-state index is 13.8. The van der Waals surface area contributed by atoms with Crippen molar-refractivity contribution in [1.82, 2.24) is 14.6 Å². The standard InChI is InChI=1S/C24H30N3O10P/c1-6-24(32)19(29)17(36-23(24,5)27-14-13-18(28)25-21(27)31)15-35-38(33,37-16-11-9-8-10-12-16)26-22(3,4)20(30)34-7-2/h1,8-14,17,19,29,32H,7,15H2,2-5H3,(H,26,33)(H,25,28,31)/t17-,19-,23-,24-,38?/m1/s1. The van der Waals surface area contributed by atoms with Crippen LogP contribution in [0.4, 0.5) is 0 Å². The Labute approximate surface area is 218 Å². The predicted molar refractivity (Wildman–Crippen MR) is 134 cm³/mol. The number of esters is 1. The summed E-state index contributed by atoms with van der Waals surface area (Å²) in [7, 11) is -4.39. The van der Waals surface area contributed by atoms with E-state index < -0.39 is 60.6 Å². The molecule has 3 rings (SSSR count). The first-order valence-electron chi connectivity index (χ1n) is 11.6. The van der Waals surface area contributed by atoms with Crippen molar-refractivity contribution in [3.8, 4) is 18.1 Å². The number of nitrogens with zero attached hydrogens (tertiary/aromatic N) is 1. The molecule has 1 aliphatic rings. The minimum atomic E-state index is -4.39. The molecule has 1 aliphatic heterocycles. The van der Waals surface area contributed by atoms with Gasteiger partial charge >= 0.3 is 19.4 Å². The third-order valence-electron chi connectivity index (χ3n) is 5.95. The molecule has 0 bridgehead atoms. The molecule has 1 aromatic heterocycles. The Morgan fingerprint density at radius 1 is 1.32 bits per heavy atom. The minimum Gasteiger partial charge on any atom is -0.465 e. The van der Waals surface area contributed by atoms with E-state index in [-0.39, 0.29) is 12.4 Å². The van der Waals surface area contributed by atoms with E-state index in [1.54, 1.807) is 25.1 Å². The van der Waals surface area contributed by atoms with Crippen LogP contribution in [0.1, 0.15) is 27.7 Å². The van der Waals surface area contributed by atoms with Crippen molar-refractivity contribution < 1.29 is 38.1 Å². The van der Waals surface area contributed by atoms with Gasteiger partial charge in [0.15, 0.2) is 5.72 Å². The third-order valence-corrected chi connectivity index (χ3v) is 7.72. The molecule has 0 radical (unpaired) electrons. The quantitative estimate of drug-likeness (QED) is 0.183. The molecule has 0 spiro atoms. The summed E-state index contributed by atoms with van der Waals surface area (Å²) >= 11 is 0. The Balaban J connectivity index is 1.92. The zero-order valence-corrected chi connectivity index (χ0v) is 22.1. The zero-order chi connectivity index (χ0) is 28.4. The Morgan fingerprint density at radius 2 is 1.97 bits per heavy atom. The number of aliphatic hydroxyl groups excluding tert-OH is 1. The van der Waals surface area contributed by atoms with Gasteiger partial charge in [-0.05, 0) is 39.8 Å². The first-order valence-corrected chi connectivity index (χ1v) is 13.1. The molecule has 5 atom stereocenters. The van der Waals surface area contributed by atoms with Crippen molar-refractivity contribution in [3.63, 3.8) is 0 Å². The van der Waals surface area contributed by atoms with Gasteiger partial charge in [0.25, 0.3) is 5.56 Å². The number of carbonyl (C=O) groups excluding carboxylic acids is 1. The van der Waals surface area contributed by atoms with Gasteiger partial charge in [0.1, 0.15) is 23.5 Å². The highest BCUT2D eigenvalue weighted by molar-refractivity contribution is 7.52. The van der Waals surface area contributed by atoms with E-state index in [1.807, 2.05) is 4.98 Å². The largest absolute Gasteiger partial charge is 0.465 e. The fraction of sp³-hybridized carbons (Fsp3) is 0.458. The lowest BCUT2D eigenvalue weighted by Crippen LogP contribution is -2.58. The second-order valence-corrected chi connectivity index (χ2v) is 10.8. The molecule has 0 amide bonds. The van der Waals surface area contributed by atoms with Crippen LogP contribution >= 0.6 is 7.75 Å². The maximum atomic E-state index is 13.8. The van der Waals surface area contributed by atoms with Gasteiger partial charge in [-0.15, -0.1) is 6.42 Å². The number of aromatic amines is 1. The Bertz CT molecular complexity index is 1370. The van der Waals surface area contributed by atoms with E-state index in [0.717, 1.165) is 16.8 Å². The van der Waals surface area contributed by atoms with Crippen LogP contribution in [0.15, 0.2) is 52.2 Å². The second kappa shape index (κ2) is 10.9. The lowest BCUT2D eigenvalue weighted by atomic mass is 9.87. The highest BCUT2D eigenvalue weighted by atomic mass is 31.2. The number of hydrogen-bond donors (Lipinski definition) is 4. The molecule has 38 heavy (non-hydrogen) atoms. The fourth-order valence-corrected chi connectivity index (χ4v) is 5.58. The first-order chi connectivity index (χ1) is 17.7. The third kappa shape index (κ3) is 5.61. The summed E-state index contributed by atoms with van der Waals surface area (Å²) in [5.74, 6) is 1.46. The summed E-state index contributed by atoms with van der Waals surface area (Å²) in [6.45, 7) is 5.07. The Kier molecular flexibility index (Phi) is 8.38. The molecule has 1 fully saturated rings. The van der Waals surface area contributed by atoms with Gasteiger partial charge in [0, 0.05) is 12.3 Å². The van der Waals surface area contributed by atoms with Crippen molar-refractivity contribution in [2.24, 2.45) is 0 Å². The SMILES string of the molecule is C#C[C@@]1(O)[C@H](O)[C@@H](COP(=O)(NC(C)(C)C(=O)OCC)Oc2ccccc2)O[C@@]1(C)n1ccc(=O)[nH]c1=O. The van der Waals surface area contributed by atoms with E-state index in [4.69, 9.17) is 24.9 Å². The van der Waals surface area contributed by atoms with Gasteiger partial charge in [-0.25, -0.2) is 9.36 Å². The highest BCUT2D eigenvalue weighted by Gasteiger charge is 2.64. The molecule has 1 unspecified atom stereocenters. The number of H-pyrrole nitrogens is 1. The lowest BCUT2D eigenvalue weighted by molar-refractivity contribution is -0.161. The molecular formula is C24H30N3O10P. The topological polar surface area (TPSA) is 178 Å². The van der Waals surface area contributed by atoms with E-state index in [0.29, 0.717) is 0 Å². The first kappa shape index (κ1) is 29.3. The van der Waals surface area contributed by atoms with Crippen molar-refractivity contribution in [3.05, 3.63) is 63.4 Å². The van der Waals surface area contributed by atoms with E-state index in [9.17, 15) is 29.2 Å². The molecule has 206 valence electrons. The maximum Gasteiger partial charge on any atom is 0.459 e. The van der Waals surface area contributed by atoms with Crippen LogP contribution < -0.4 is 20.9 Å². The summed E-state index contributed by atoms with van der Waals surface area (Å²) in [6, 6.07) is 8.98. The van der Waals surface area contributed by atoms with Crippen LogP contribution in [-0.2, 0) is 29.1 Å². The predicted octanol–water partition coefficient (Wildman–Crippen LogP) is 0.468. The summed E-state index contributed by atoms with van der Waals surface area (Å²) in [5, 5.41) is 24.7. The monoisotopic (exact) mass is 551 g/mol. The zero-order valence-electron chi connectivity index (χ0n) is 21.2. The van der Waals surface area contributed by atoms with Gasteiger partial charge in [0.05, 0.1) is 13.2 Å². The second-order valence-electron chi connectivity index (χ2n) is 9.13. The fourth-order valence-electron chi connectivity index (χ4n) is 3.90. The number of rotatable bonds is 10. The van der Waals surface area contributed by atoms with Crippen LogP contribution in [0, 0.1) is 12.3 Å². The summed E-state index contributed by atoms with van der Waals surface area (Å²) in [4.78, 5) is 38.4. The van der Waals surface area contributed by atoms with Gasteiger partial charge in [-0.1, -0.05) is 24.1 Å². The number of nitrogens with one attached hydrogen (secondary N) is 2. The smallest absolute Gasteiger partial charge is 0.459 e. The average Bonchev–Trinajstić information content (AvgIpc) is 3.04. The molecule has 4 N–H and O–H groups in total.